The smallest absolute Gasteiger partial charge is 0.251 e. The van der Waals surface area contributed by atoms with Crippen LogP contribution in [0.5, 0.6) is 5.75 Å². The second-order valence-corrected chi connectivity index (χ2v) is 7.64. The molecule has 31 heavy (non-hydrogen) atoms. The molecule has 0 saturated heterocycles. The van der Waals surface area contributed by atoms with Gasteiger partial charge in [0, 0.05) is 10.6 Å². The van der Waals surface area contributed by atoms with Crippen LogP contribution >= 0.6 is 11.6 Å². The Balaban J connectivity index is 1.46. The van der Waals surface area contributed by atoms with E-state index in [0.717, 1.165) is 29.0 Å². The first kappa shape index (κ1) is 20.9. The molecule has 158 valence electrons. The number of aryl methyl sites for hydroxylation is 1. The molecule has 4 rings (SSSR count). The highest BCUT2D eigenvalue weighted by Gasteiger charge is 2.12. The Kier molecular flexibility index (Phi) is 6.53. The summed E-state index contributed by atoms with van der Waals surface area (Å²) in [5, 5.41) is 3.55. The zero-order valence-electron chi connectivity index (χ0n) is 17.3. The van der Waals surface area contributed by atoms with Crippen LogP contribution < -0.4 is 10.1 Å². The number of ether oxygens (including phenoxy) is 1. The van der Waals surface area contributed by atoms with Crippen molar-refractivity contribution in [2.45, 2.75) is 26.4 Å². The van der Waals surface area contributed by atoms with Crippen molar-refractivity contribution in [1.82, 2.24) is 14.9 Å². The maximum Gasteiger partial charge on any atom is 0.251 e. The van der Waals surface area contributed by atoms with Crippen molar-refractivity contribution in [3.63, 3.8) is 0 Å². The third-order valence-corrected chi connectivity index (χ3v) is 5.41. The highest BCUT2D eigenvalue weighted by Crippen LogP contribution is 2.18. The Hall–Kier alpha value is -3.31. The number of halogens is 1. The number of hydrogen-bond acceptors (Lipinski definition) is 3. The van der Waals surface area contributed by atoms with Crippen molar-refractivity contribution in [1.29, 1.82) is 0 Å². The molecule has 0 spiro atoms. The standard InChI is InChI=1S/C25H24ClN3O2/c1-2-18-7-13-21(14-8-18)31-16-15-29-23-6-4-3-5-22(23)28-24(29)17-27-25(30)19-9-11-20(26)12-10-19/h3-14H,2,15-17H2,1H3,(H,27,30). The van der Waals surface area contributed by atoms with Gasteiger partial charge in [-0.2, -0.15) is 0 Å². The van der Waals surface area contributed by atoms with Crippen molar-refractivity contribution < 1.29 is 9.53 Å². The van der Waals surface area contributed by atoms with Crippen LogP contribution in [0.2, 0.25) is 5.02 Å². The number of nitrogens with zero attached hydrogens (tertiary/aromatic N) is 2. The number of imidazole rings is 1. The van der Waals surface area contributed by atoms with Crippen LogP contribution in [0.1, 0.15) is 28.7 Å². The van der Waals surface area contributed by atoms with E-state index in [1.54, 1.807) is 24.3 Å². The number of carbonyl (C=O) groups is 1. The first-order valence-electron chi connectivity index (χ1n) is 10.3. The molecule has 1 amide bonds. The number of aromatic nitrogens is 2. The summed E-state index contributed by atoms with van der Waals surface area (Å²) in [7, 11) is 0. The first-order chi connectivity index (χ1) is 15.1. The van der Waals surface area contributed by atoms with Crippen molar-refractivity contribution in [2.75, 3.05) is 6.61 Å². The summed E-state index contributed by atoms with van der Waals surface area (Å²) in [5.74, 6) is 1.47. The van der Waals surface area contributed by atoms with Gasteiger partial charge in [-0.05, 0) is 60.5 Å². The summed E-state index contributed by atoms with van der Waals surface area (Å²) in [6, 6.07) is 22.9. The highest BCUT2D eigenvalue weighted by atomic mass is 35.5. The zero-order chi connectivity index (χ0) is 21.6. The molecule has 0 radical (unpaired) electrons. The van der Waals surface area contributed by atoms with Gasteiger partial charge < -0.3 is 14.6 Å². The minimum absolute atomic E-state index is 0.164. The normalized spacial score (nSPS) is 10.9. The monoisotopic (exact) mass is 433 g/mol. The van der Waals surface area contributed by atoms with Gasteiger partial charge in [0.1, 0.15) is 18.2 Å². The fourth-order valence-corrected chi connectivity index (χ4v) is 3.57. The average molecular weight is 434 g/mol. The van der Waals surface area contributed by atoms with E-state index in [0.29, 0.717) is 30.3 Å². The second kappa shape index (κ2) is 9.67. The Morgan fingerprint density at radius 3 is 2.52 bits per heavy atom. The van der Waals surface area contributed by atoms with Gasteiger partial charge in [0.15, 0.2) is 0 Å². The molecular weight excluding hydrogens is 410 g/mol. The number of fused-ring (bicyclic) bond motifs is 1. The summed E-state index contributed by atoms with van der Waals surface area (Å²) in [6.45, 7) is 3.58. The lowest BCUT2D eigenvalue weighted by Crippen LogP contribution is -2.25. The average Bonchev–Trinajstić information content (AvgIpc) is 3.16. The number of para-hydroxylation sites is 2. The summed E-state index contributed by atoms with van der Waals surface area (Å²) in [4.78, 5) is 17.2. The lowest BCUT2D eigenvalue weighted by Gasteiger charge is -2.12. The number of benzene rings is 3. The van der Waals surface area contributed by atoms with Crippen molar-refractivity contribution in [3.05, 3.63) is 94.8 Å². The molecule has 6 heteroatoms. The molecule has 0 aliphatic rings. The molecule has 0 saturated carbocycles. The fraction of sp³-hybridized carbons (Fsp3) is 0.200. The summed E-state index contributed by atoms with van der Waals surface area (Å²) < 4.78 is 8.04. The number of hydrogen-bond donors (Lipinski definition) is 1. The van der Waals surface area contributed by atoms with Crippen LogP contribution in [0.15, 0.2) is 72.8 Å². The van der Waals surface area contributed by atoms with Crippen molar-refractivity contribution in [2.24, 2.45) is 0 Å². The molecule has 0 aliphatic carbocycles. The number of nitrogens with one attached hydrogen (secondary N) is 1. The highest BCUT2D eigenvalue weighted by molar-refractivity contribution is 6.30. The van der Waals surface area contributed by atoms with E-state index in [4.69, 9.17) is 21.3 Å². The Bertz CT molecular complexity index is 1170. The molecule has 1 N–H and O–H groups in total. The predicted molar refractivity (Wildman–Crippen MR) is 124 cm³/mol. The maximum atomic E-state index is 12.5. The van der Waals surface area contributed by atoms with E-state index >= 15 is 0 Å². The van der Waals surface area contributed by atoms with E-state index < -0.39 is 0 Å². The van der Waals surface area contributed by atoms with Gasteiger partial charge >= 0.3 is 0 Å². The van der Waals surface area contributed by atoms with Crippen molar-refractivity contribution in [3.8, 4) is 5.75 Å². The summed E-state index contributed by atoms with van der Waals surface area (Å²) in [5.41, 5.74) is 3.76. The van der Waals surface area contributed by atoms with E-state index in [2.05, 4.69) is 28.9 Å². The largest absolute Gasteiger partial charge is 0.492 e. The van der Waals surface area contributed by atoms with Gasteiger partial charge in [-0.3, -0.25) is 4.79 Å². The van der Waals surface area contributed by atoms with E-state index in [-0.39, 0.29) is 5.91 Å². The van der Waals surface area contributed by atoms with Gasteiger partial charge in [-0.1, -0.05) is 42.8 Å². The number of rotatable bonds is 8. The summed E-state index contributed by atoms with van der Waals surface area (Å²) in [6.07, 6.45) is 1.01. The van der Waals surface area contributed by atoms with E-state index in [1.807, 2.05) is 36.4 Å². The molecule has 1 aromatic heterocycles. The van der Waals surface area contributed by atoms with Gasteiger partial charge in [-0.15, -0.1) is 0 Å². The van der Waals surface area contributed by atoms with Crippen LogP contribution in [-0.4, -0.2) is 22.1 Å². The maximum absolute atomic E-state index is 12.5. The van der Waals surface area contributed by atoms with E-state index in [1.165, 1.54) is 5.56 Å². The van der Waals surface area contributed by atoms with Gasteiger partial charge in [-0.25, -0.2) is 4.98 Å². The van der Waals surface area contributed by atoms with Gasteiger partial charge in [0.25, 0.3) is 5.91 Å². The Morgan fingerprint density at radius 1 is 1.03 bits per heavy atom. The Labute approximate surface area is 186 Å². The molecule has 0 fully saturated rings. The topological polar surface area (TPSA) is 56.1 Å². The molecule has 0 unspecified atom stereocenters. The molecule has 1 heterocycles. The molecule has 0 atom stereocenters. The van der Waals surface area contributed by atoms with Crippen molar-refractivity contribution >= 4 is 28.5 Å². The molecule has 3 aromatic carbocycles. The SMILES string of the molecule is CCc1ccc(OCCn2c(CNC(=O)c3ccc(Cl)cc3)nc3ccccc32)cc1. The number of amides is 1. The third kappa shape index (κ3) is 5.06. The quantitative estimate of drug-likeness (QED) is 0.412. The number of carbonyl (C=O) groups excluding carboxylic acids is 1. The molecule has 0 bridgehead atoms. The lowest BCUT2D eigenvalue weighted by atomic mass is 10.2. The lowest BCUT2D eigenvalue weighted by molar-refractivity contribution is 0.0949. The molecule has 4 aromatic rings. The third-order valence-electron chi connectivity index (χ3n) is 5.16. The van der Waals surface area contributed by atoms with E-state index in [9.17, 15) is 4.79 Å². The van der Waals surface area contributed by atoms with Crippen LogP contribution in [0.4, 0.5) is 0 Å². The minimum atomic E-state index is -0.164. The molecule has 5 nitrogen and oxygen atoms in total. The van der Waals surface area contributed by atoms with Crippen LogP contribution in [0.3, 0.4) is 0 Å². The first-order valence-corrected chi connectivity index (χ1v) is 10.7. The fourth-order valence-electron chi connectivity index (χ4n) is 3.45. The molecule has 0 aliphatic heterocycles. The van der Waals surface area contributed by atoms with Gasteiger partial charge in [0.2, 0.25) is 0 Å². The zero-order valence-corrected chi connectivity index (χ0v) is 18.1. The Morgan fingerprint density at radius 2 is 1.77 bits per heavy atom. The van der Waals surface area contributed by atoms with Gasteiger partial charge in [0.05, 0.1) is 24.1 Å². The van der Waals surface area contributed by atoms with Crippen LogP contribution in [0, 0.1) is 0 Å². The van der Waals surface area contributed by atoms with Crippen LogP contribution in [0.25, 0.3) is 11.0 Å². The summed E-state index contributed by atoms with van der Waals surface area (Å²) >= 11 is 5.91. The van der Waals surface area contributed by atoms with Crippen LogP contribution in [-0.2, 0) is 19.5 Å². The predicted octanol–water partition coefficient (Wildman–Crippen LogP) is 5.26. The minimum Gasteiger partial charge on any atom is -0.492 e. The molecular formula is C25H24ClN3O2. The second-order valence-electron chi connectivity index (χ2n) is 7.20.